The first-order valence-electron chi connectivity index (χ1n) is 10.5. The van der Waals surface area contributed by atoms with Crippen LogP contribution < -0.4 is 0 Å². The molecule has 0 radical (unpaired) electrons. The number of ether oxygens (including phenoxy) is 5. The molecular weight excluding hydrogens is 352 g/mol. The third-order valence-corrected chi connectivity index (χ3v) is 3.67. The van der Waals surface area contributed by atoms with Gasteiger partial charge in [-0.3, -0.25) is 0 Å². The van der Waals surface area contributed by atoms with Crippen molar-refractivity contribution in [2.24, 2.45) is 0 Å². The van der Waals surface area contributed by atoms with Gasteiger partial charge < -0.3 is 23.7 Å². The third-order valence-electron chi connectivity index (χ3n) is 3.67. The zero-order valence-electron chi connectivity index (χ0n) is 17.6. The van der Waals surface area contributed by atoms with Crippen molar-refractivity contribution in [3.63, 3.8) is 0 Å². The Morgan fingerprint density at radius 1 is 0.370 bits per heavy atom. The summed E-state index contributed by atoms with van der Waals surface area (Å²) in [6, 6.07) is 0. The van der Waals surface area contributed by atoms with Crippen molar-refractivity contribution < 1.29 is 33.5 Å². The van der Waals surface area contributed by atoms with Crippen LogP contribution in [0.2, 0.25) is 0 Å². The van der Waals surface area contributed by atoms with E-state index < -0.39 is 0 Å². The largest absolute Gasteiger partial charge is 0.379 e. The Balaban J connectivity index is 2.95. The molecule has 0 N–H and O–H groups in total. The van der Waals surface area contributed by atoms with Gasteiger partial charge in [-0.15, -0.1) is 0 Å². The van der Waals surface area contributed by atoms with Gasteiger partial charge in [0.2, 0.25) is 0 Å². The fourth-order valence-corrected chi connectivity index (χ4v) is 2.18. The van der Waals surface area contributed by atoms with E-state index in [0.717, 1.165) is 13.0 Å². The topological polar surface area (TPSA) is 64.6 Å². The Hall–Kier alpha value is -0.280. The van der Waals surface area contributed by atoms with E-state index in [-0.39, 0.29) is 0 Å². The van der Waals surface area contributed by atoms with Crippen LogP contribution in [0.25, 0.3) is 0 Å². The molecule has 0 rings (SSSR count). The van der Waals surface area contributed by atoms with E-state index >= 15 is 0 Å². The molecular formula is C20H42O7. The van der Waals surface area contributed by atoms with E-state index in [4.69, 9.17) is 33.5 Å². The molecule has 0 amide bonds. The summed E-state index contributed by atoms with van der Waals surface area (Å²) in [6.45, 7) is 11.1. The van der Waals surface area contributed by atoms with Gasteiger partial charge in [0.15, 0.2) is 0 Å². The molecule has 0 aromatic heterocycles. The second-order valence-electron chi connectivity index (χ2n) is 6.06. The quantitative estimate of drug-likeness (QED) is 0.141. The summed E-state index contributed by atoms with van der Waals surface area (Å²) >= 11 is 0. The van der Waals surface area contributed by atoms with Gasteiger partial charge in [0.25, 0.3) is 0 Å². The molecule has 0 heterocycles. The number of hydrogen-bond acceptors (Lipinski definition) is 7. The van der Waals surface area contributed by atoms with E-state index in [9.17, 15) is 0 Å². The molecule has 0 atom stereocenters. The van der Waals surface area contributed by atoms with Gasteiger partial charge in [0.05, 0.1) is 66.1 Å². The summed E-state index contributed by atoms with van der Waals surface area (Å²) in [4.78, 5) is 10.2. The van der Waals surface area contributed by atoms with Crippen LogP contribution in [-0.4, -0.2) is 79.3 Å². The molecule has 0 aromatic rings. The van der Waals surface area contributed by atoms with Crippen molar-refractivity contribution >= 4 is 0 Å². The Labute approximate surface area is 165 Å². The van der Waals surface area contributed by atoms with Gasteiger partial charge in [-0.05, 0) is 13.3 Å². The number of hydrogen-bond donors (Lipinski definition) is 0. The normalized spacial score (nSPS) is 11.3. The fraction of sp³-hybridized carbons (Fsp3) is 1.00. The van der Waals surface area contributed by atoms with Gasteiger partial charge in [-0.1, -0.05) is 39.0 Å². The first kappa shape index (κ1) is 26.7. The van der Waals surface area contributed by atoms with Crippen molar-refractivity contribution in [2.45, 2.75) is 52.4 Å². The second kappa shape index (κ2) is 25.7. The van der Waals surface area contributed by atoms with Crippen LogP contribution in [-0.2, 0) is 33.5 Å². The standard InChI is InChI=1S/C20H42O7/c1-3-5-6-7-8-9-10-26-27-20-19-25-18-17-24-16-15-23-14-13-22-12-11-21-4-2/h3-20H2,1-2H3. The minimum Gasteiger partial charge on any atom is -0.379 e. The average Bonchev–Trinajstić information content (AvgIpc) is 2.68. The lowest BCUT2D eigenvalue weighted by molar-refractivity contribution is -0.299. The Morgan fingerprint density at radius 3 is 1.30 bits per heavy atom. The van der Waals surface area contributed by atoms with Crippen LogP contribution in [0.3, 0.4) is 0 Å². The highest BCUT2D eigenvalue weighted by molar-refractivity contribution is 4.42. The van der Waals surface area contributed by atoms with Gasteiger partial charge in [-0.25, -0.2) is 9.78 Å². The summed E-state index contributed by atoms with van der Waals surface area (Å²) in [7, 11) is 0. The van der Waals surface area contributed by atoms with Crippen molar-refractivity contribution in [1.82, 2.24) is 0 Å². The molecule has 7 heteroatoms. The van der Waals surface area contributed by atoms with Crippen LogP contribution in [0.5, 0.6) is 0 Å². The Morgan fingerprint density at radius 2 is 0.778 bits per heavy atom. The van der Waals surface area contributed by atoms with Crippen molar-refractivity contribution in [2.75, 3.05) is 79.3 Å². The average molecular weight is 395 g/mol. The Kier molecular flexibility index (Phi) is 25.5. The molecule has 0 saturated carbocycles. The molecule has 0 aromatic carbocycles. The number of rotatable bonds is 24. The molecule has 0 aliphatic heterocycles. The molecule has 27 heavy (non-hydrogen) atoms. The lowest BCUT2D eigenvalue weighted by atomic mass is 10.1. The lowest BCUT2D eigenvalue weighted by Crippen LogP contribution is -2.14. The SMILES string of the molecule is CCCCCCCCOOCCOCCOCCOCCOCCOCC. The minimum absolute atomic E-state index is 0.447. The molecule has 0 fully saturated rings. The monoisotopic (exact) mass is 394 g/mol. The summed E-state index contributed by atoms with van der Waals surface area (Å²) in [6.07, 6.45) is 7.48. The Bertz CT molecular complexity index is 230. The van der Waals surface area contributed by atoms with E-state index in [1.807, 2.05) is 6.92 Å². The van der Waals surface area contributed by atoms with E-state index in [0.29, 0.717) is 72.7 Å². The second-order valence-corrected chi connectivity index (χ2v) is 6.06. The molecule has 0 aliphatic rings. The fourth-order valence-electron chi connectivity index (χ4n) is 2.18. The van der Waals surface area contributed by atoms with Crippen molar-refractivity contribution in [1.29, 1.82) is 0 Å². The van der Waals surface area contributed by atoms with Gasteiger partial charge in [-0.2, -0.15) is 0 Å². The predicted octanol–water partition coefficient (Wildman–Crippen LogP) is 3.40. The highest BCUT2D eigenvalue weighted by Gasteiger charge is 1.95. The molecule has 0 saturated heterocycles. The van der Waals surface area contributed by atoms with Crippen LogP contribution in [0.4, 0.5) is 0 Å². The molecule has 7 nitrogen and oxygen atoms in total. The maximum Gasteiger partial charge on any atom is 0.106 e. The molecule has 0 bridgehead atoms. The zero-order valence-corrected chi connectivity index (χ0v) is 17.6. The van der Waals surface area contributed by atoms with Gasteiger partial charge >= 0.3 is 0 Å². The van der Waals surface area contributed by atoms with Gasteiger partial charge in [0, 0.05) is 6.61 Å². The number of unbranched alkanes of at least 4 members (excludes halogenated alkanes) is 5. The van der Waals surface area contributed by atoms with Gasteiger partial charge in [0.1, 0.15) is 6.61 Å². The van der Waals surface area contributed by atoms with Crippen LogP contribution in [0.15, 0.2) is 0 Å². The van der Waals surface area contributed by atoms with Crippen molar-refractivity contribution in [3.05, 3.63) is 0 Å². The first-order valence-corrected chi connectivity index (χ1v) is 10.5. The first-order chi connectivity index (χ1) is 13.4. The van der Waals surface area contributed by atoms with E-state index in [1.165, 1.54) is 32.1 Å². The van der Waals surface area contributed by atoms with Crippen LogP contribution in [0, 0.1) is 0 Å². The summed E-state index contributed by atoms with van der Waals surface area (Å²) in [5.41, 5.74) is 0. The van der Waals surface area contributed by atoms with E-state index in [1.54, 1.807) is 0 Å². The smallest absolute Gasteiger partial charge is 0.106 e. The maximum atomic E-state index is 5.41. The summed E-state index contributed by atoms with van der Waals surface area (Å²) in [5.74, 6) is 0. The summed E-state index contributed by atoms with van der Waals surface area (Å²) in [5, 5.41) is 0. The predicted molar refractivity (Wildman–Crippen MR) is 105 cm³/mol. The zero-order chi connectivity index (χ0) is 19.7. The van der Waals surface area contributed by atoms with Crippen LogP contribution in [0.1, 0.15) is 52.4 Å². The summed E-state index contributed by atoms with van der Waals surface area (Å²) < 4.78 is 26.7. The minimum atomic E-state index is 0.447. The van der Waals surface area contributed by atoms with Crippen molar-refractivity contribution in [3.8, 4) is 0 Å². The molecule has 164 valence electrons. The van der Waals surface area contributed by atoms with Crippen LogP contribution >= 0.6 is 0 Å². The lowest BCUT2D eigenvalue weighted by Gasteiger charge is -2.08. The molecule has 0 aliphatic carbocycles. The molecule has 0 unspecified atom stereocenters. The third kappa shape index (κ3) is 25.7. The highest BCUT2D eigenvalue weighted by Crippen LogP contribution is 2.04. The highest BCUT2D eigenvalue weighted by atomic mass is 17.2. The van der Waals surface area contributed by atoms with E-state index in [2.05, 4.69) is 6.92 Å². The maximum absolute atomic E-state index is 5.41. The molecule has 0 spiro atoms.